The van der Waals surface area contributed by atoms with Crippen molar-refractivity contribution < 1.29 is 13.6 Å². The van der Waals surface area contributed by atoms with E-state index < -0.39 is 17.5 Å². The van der Waals surface area contributed by atoms with Gasteiger partial charge in [0, 0.05) is 23.6 Å². The van der Waals surface area contributed by atoms with E-state index in [2.05, 4.69) is 15.3 Å². The summed E-state index contributed by atoms with van der Waals surface area (Å²) in [5.74, 6) is -2.61. The summed E-state index contributed by atoms with van der Waals surface area (Å²) in [6.07, 6.45) is 1.45. The standard InChI is InChI=1S/C12H9F2N3O/c1-7-4-5-15-11(16-7)12(18)17-8-2-3-9(13)10(14)6-8/h2-6H,1H3,(H,17,18). The van der Waals surface area contributed by atoms with Gasteiger partial charge in [0.05, 0.1) is 0 Å². The Bertz CT molecular complexity index is 602. The van der Waals surface area contributed by atoms with Crippen molar-refractivity contribution in [1.29, 1.82) is 0 Å². The van der Waals surface area contributed by atoms with Crippen LogP contribution in [0.3, 0.4) is 0 Å². The van der Waals surface area contributed by atoms with Gasteiger partial charge in [0.2, 0.25) is 5.82 Å². The summed E-state index contributed by atoms with van der Waals surface area (Å²) in [7, 11) is 0. The summed E-state index contributed by atoms with van der Waals surface area (Å²) in [5.41, 5.74) is 0.782. The molecule has 0 aliphatic heterocycles. The van der Waals surface area contributed by atoms with Crippen molar-refractivity contribution in [3.05, 3.63) is 53.6 Å². The molecular formula is C12H9F2N3O. The zero-order valence-corrected chi connectivity index (χ0v) is 9.45. The second-order valence-electron chi connectivity index (χ2n) is 3.60. The topological polar surface area (TPSA) is 54.9 Å². The maximum Gasteiger partial charge on any atom is 0.293 e. The first-order chi connectivity index (χ1) is 8.56. The Morgan fingerprint density at radius 3 is 2.67 bits per heavy atom. The lowest BCUT2D eigenvalue weighted by Crippen LogP contribution is -2.16. The lowest BCUT2D eigenvalue weighted by molar-refractivity contribution is 0.101. The number of nitrogens with zero attached hydrogens (tertiary/aromatic N) is 2. The number of carbonyl (C=O) groups is 1. The molecule has 1 aromatic carbocycles. The first-order valence-electron chi connectivity index (χ1n) is 5.12. The van der Waals surface area contributed by atoms with Crippen LogP contribution in [0.1, 0.15) is 16.3 Å². The number of aromatic nitrogens is 2. The van der Waals surface area contributed by atoms with Crippen LogP contribution in [0.4, 0.5) is 14.5 Å². The number of nitrogens with one attached hydrogen (secondary N) is 1. The Morgan fingerprint density at radius 1 is 1.22 bits per heavy atom. The Morgan fingerprint density at radius 2 is 2.00 bits per heavy atom. The fourth-order valence-electron chi connectivity index (χ4n) is 1.32. The van der Waals surface area contributed by atoms with Crippen LogP contribution in [0.15, 0.2) is 30.5 Å². The highest BCUT2D eigenvalue weighted by atomic mass is 19.2. The van der Waals surface area contributed by atoms with Crippen LogP contribution >= 0.6 is 0 Å². The van der Waals surface area contributed by atoms with E-state index >= 15 is 0 Å². The number of amides is 1. The van der Waals surface area contributed by atoms with E-state index in [9.17, 15) is 13.6 Å². The number of halogens is 2. The molecule has 0 spiro atoms. The van der Waals surface area contributed by atoms with Crippen molar-refractivity contribution >= 4 is 11.6 Å². The minimum Gasteiger partial charge on any atom is -0.319 e. The molecule has 2 aromatic rings. The van der Waals surface area contributed by atoms with Crippen LogP contribution in [0, 0.1) is 18.6 Å². The summed E-state index contributed by atoms with van der Waals surface area (Å²) in [5, 5.41) is 2.38. The highest BCUT2D eigenvalue weighted by Crippen LogP contribution is 2.13. The number of carbonyl (C=O) groups excluding carboxylic acids is 1. The van der Waals surface area contributed by atoms with E-state index in [1.807, 2.05) is 0 Å². The van der Waals surface area contributed by atoms with Gasteiger partial charge in [0.25, 0.3) is 5.91 Å². The molecule has 18 heavy (non-hydrogen) atoms. The fourth-order valence-corrected chi connectivity index (χ4v) is 1.32. The molecule has 1 aromatic heterocycles. The zero-order chi connectivity index (χ0) is 13.1. The summed E-state index contributed by atoms with van der Waals surface area (Å²) >= 11 is 0. The van der Waals surface area contributed by atoms with Gasteiger partial charge < -0.3 is 5.32 Å². The van der Waals surface area contributed by atoms with Crippen LogP contribution in [0.5, 0.6) is 0 Å². The SMILES string of the molecule is Cc1ccnc(C(=O)Nc2ccc(F)c(F)c2)n1. The maximum absolute atomic E-state index is 12.9. The number of anilines is 1. The smallest absolute Gasteiger partial charge is 0.293 e. The quantitative estimate of drug-likeness (QED) is 0.888. The Labute approximate surface area is 102 Å². The molecule has 1 amide bonds. The Balaban J connectivity index is 2.18. The summed E-state index contributed by atoms with van der Waals surface area (Å²) in [4.78, 5) is 19.4. The second-order valence-corrected chi connectivity index (χ2v) is 3.60. The van der Waals surface area contributed by atoms with Crippen LogP contribution in [0.2, 0.25) is 0 Å². The van der Waals surface area contributed by atoms with Crippen LogP contribution in [-0.4, -0.2) is 15.9 Å². The first kappa shape index (κ1) is 12.1. The van der Waals surface area contributed by atoms with Gasteiger partial charge in [0.1, 0.15) is 0 Å². The van der Waals surface area contributed by atoms with Gasteiger partial charge in [-0.3, -0.25) is 4.79 Å². The second kappa shape index (κ2) is 4.87. The average Bonchev–Trinajstić information content (AvgIpc) is 2.34. The van der Waals surface area contributed by atoms with Crippen molar-refractivity contribution in [3.63, 3.8) is 0 Å². The van der Waals surface area contributed by atoms with Crippen molar-refractivity contribution in [2.75, 3.05) is 5.32 Å². The lowest BCUT2D eigenvalue weighted by atomic mass is 10.3. The third kappa shape index (κ3) is 2.65. The number of rotatable bonds is 2. The maximum atomic E-state index is 12.9. The van der Waals surface area contributed by atoms with Gasteiger partial charge in [-0.25, -0.2) is 18.7 Å². The molecule has 0 aliphatic rings. The molecule has 0 saturated carbocycles. The van der Waals surface area contributed by atoms with Crippen molar-refractivity contribution in [2.45, 2.75) is 6.92 Å². The molecule has 0 aliphatic carbocycles. The van der Waals surface area contributed by atoms with Crippen LogP contribution < -0.4 is 5.32 Å². The number of benzene rings is 1. The Hall–Kier alpha value is -2.37. The van der Waals surface area contributed by atoms with E-state index in [0.717, 1.165) is 12.1 Å². The summed E-state index contributed by atoms with van der Waals surface area (Å²) in [6.45, 7) is 1.72. The predicted octanol–water partition coefficient (Wildman–Crippen LogP) is 2.32. The van der Waals surface area contributed by atoms with Gasteiger partial charge >= 0.3 is 0 Å². The van der Waals surface area contributed by atoms with E-state index in [1.54, 1.807) is 13.0 Å². The van der Waals surface area contributed by atoms with Crippen LogP contribution in [-0.2, 0) is 0 Å². The third-order valence-electron chi connectivity index (χ3n) is 2.18. The molecule has 2 rings (SSSR count). The number of hydrogen-bond donors (Lipinski definition) is 1. The highest BCUT2D eigenvalue weighted by molar-refractivity contribution is 6.01. The van der Waals surface area contributed by atoms with Crippen molar-refractivity contribution in [3.8, 4) is 0 Å². The lowest BCUT2D eigenvalue weighted by Gasteiger charge is -2.04. The molecule has 0 unspecified atom stereocenters. The zero-order valence-electron chi connectivity index (χ0n) is 9.45. The molecule has 1 heterocycles. The number of aryl methyl sites for hydroxylation is 1. The minimum absolute atomic E-state index is 0.0280. The van der Waals surface area contributed by atoms with Gasteiger partial charge in [-0.15, -0.1) is 0 Å². The Kier molecular flexibility index (Phi) is 3.27. The van der Waals surface area contributed by atoms with E-state index in [0.29, 0.717) is 5.69 Å². The van der Waals surface area contributed by atoms with Crippen LogP contribution in [0.25, 0.3) is 0 Å². The molecule has 0 radical (unpaired) electrons. The summed E-state index contributed by atoms with van der Waals surface area (Å²) in [6, 6.07) is 4.73. The van der Waals surface area contributed by atoms with Crippen molar-refractivity contribution in [2.24, 2.45) is 0 Å². The van der Waals surface area contributed by atoms with Gasteiger partial charge in [-0.05, 0) is 25.1 Å². The molecule has 6 heteroatoms. The monoisotopic (exact) mass is 249 g/mol. The molecule has 0 bridgehead atoms. The predicted molar refractivity (Wildman–Crippen MR) is 61.1 cm³/mol. The van der Waals surface area contributed by atoms with Gasteiger partial charge in [-0.2, -0.15) is 0 Å². The summed E-state index contributed by atoms with van der Waals surface area (Å²) < 4.78 is 25.6. The molecule has 0 atom stereocenters. The van der Waals surface area contributed by atoms with Gasteiger partial charge in [-0.1, -0.05) is 0 Å². The number of hydrogen-bond acceptors (Lipinski definition) is 3. The van der Waals surface area contributed by atoms with E-state index in [4.69, 9.17) is 0 Å². The minimum atomic E-state index is -1.03. The largest absolute Gasteiger partial charge is 0.319 e. The van der Waals surface area contributed by atoms with E-state index in [1.165, 1.54) is 12.3 Å². The molecular weight excluding hydrogens is 240 g/mol. The molecule has 1 N–H and O–H groups in total. The third-order valence-corrected chi connectivity index (χ3v) is 2.18. The molecule has 0 saturated heterocycles. The molecule has 92 valence electrons. The van der Waals surface area contributed by atoms with E-state index in [-0.39, 0.29) is 11.5 Å². The normalized spacial score (nSPS) is 10.2. The van der Waals surface area contributed by atoms with Gasteiger partial charge in [0.15, 0.2) is 11.6 Å². The molecule has 4 nitrogen and oxygen atoms in total. The highest BCUT2D eigenvalue weighted by Gasteiger charge is 2.10. The first-order valence-corrected chi connectivity index (χ1v) is 5.12. The fraction of sp³-hybridized carbons (Fsp3) is 0.0833. The van der Waals surface area contributed by atoms with Crippen molar-refractivity contribution in [1.82, 2.24) is 9.97 Å². The average molecular weight is 249 g/mol. The molecule has 0 fully saturated rings.